The lowest BCUT2D eigenvalue weighted by Gasteiger charge is -2.34. The first-order chi connectivity index (χ1) is 9.61. The van der Waals surface area contributed by atoms with Gasteiger partial charge < -0.3 is 10.1 Å². The smallest absolute Gasteiger partial charge is 0.326 e. The Bertz CT molecular complexity index is 398. The molecule has 0 atom stereocenters. The van der Waals surface area contributed by atoms with Gasteiger partial charge in [0, 0.05) is 13.1 Å². The summed E-state index contributed by atoms with van der Waals surface area (Å²) >= 11 is 0. The minimum atomic E-state index is -0.615. The number of hydrogen-bond donors (Lipinski definition) is 1. The fraction of sp³-hybridized carbons (Fsp3) is 0.857. The Morgan fingerprint density at radius 2 is 1.90 bits per heavy atom. The molecular formula is C14H23N3O3. The zero-order valence-electron chi connectivity index (χ0n) is 12.1. The van der Waals surface area contributed by atoms with E-state index in [0.29, 0.717) is 25.8 Å². The van der Waals surface area contributed by atoms with E-state index in [4.69, 9.17) is 4.74 Å². The molecule has 0 unspecified atom stereocenters. The van der Waals surface area contributed by atoms with Crippen molar-refractivity contribution >= 4 is 11.9 Å². The van der Waals surface area contributed by atoms with Gasteiger partial charge >= 0.3 is 6.03 Å². The van der Waals surface area contributed by atoms with Crippen molar-refractivity contribution in [2.24, 2.45) is 5.92 Å². The number of nitrogens with one attached hydrogen (secondary N) is 1. The molecule has 1 spiro atoms. The van der Waals surface area contributed by atoms with E-state index in [0.717, 1.165) is 38.8 Å². The zero-order chi connectivity index (χ0) is 14.2. The van der Waals surface area contributed by atoms with Gasteiger partial charge in [0.2, 0.25) is 0 Å². The Labute approximate surface area is 119 Å². The van der Waals surface area contributed by atoms with Crippen LogP contribution in [0, 0.1) is 5.92 Å². The quantitative estimate of drug-likeness (QED) is 0.760. The van der Waals surface area contributed by atoms with Crippen LogP contribution < -0.4 is 5.32 Å². The minimum Gasteiger partial charge on any atom is -0.379 e. The van der Waals surface area contributed by atoms with Crippen molar-refractivity contribution in [2.45, 2.75) is 38.1 Å². The molecule has 6 heteroatoms. The van der Waals surface area contributed by atoms with Gasteiger partial charge in [-0.05, 0) is 31.6 Å². The first-order valence-electron chi connectivity index (χ1n) is 7.55. The van der Waals surface area contributed by atoms with E-state index >= 15 is 0 Å². The van der Waals surface area contributed by atoms with Crippen LogP contribution in [0.3, 0.4) is 0 Å². The van der Waals surface area contributed by atoms with Crippen LogP contribution in [-0.4, -0.2) is 60.2 Å². The highest BCUT2D eigenvalue weighted by Crippen LogP contribution is 2.36. The number of carbonyl (C=O) groups is 2. The summed E-state index contributed by atoms with van der Waals surface area (Å²) in [4.78, 5) is 28.3. The largest absolute Gasteiger partial charge is 0.379 e. The SMILES string of the molecule is CC1CCC2(CC1)NC(=O)N(CN1CCOCC1)C2=O. The molecule has 0 aromatic heterocycles. The van der Waals surface area contributed by atoms with Crippen LogP contribution in [0.25, 0.3) is 0 Å². The number of morpholine rings is 1. The number of amides is 3. The molecule has 1 N–H and O–H groups in total. The molecule has 2 aliphatic heterocycles. The van der Waals surface area contributed by atoms with Gasteiger partial charge in [-0.15, -0.1) is 0 Å². The number of carbonyl (C=O) groups excluding carboxylic acids is 2. The molecule has 1 aliphatic carbocycles. The number of urea groups is 1. The van der Waals surface area contributed by atoms with E-state index in [1.54, 1.807) is 0 Å². The highest BCUT2D eigenvalue weighted by Gasteiger charge is 2.52. The van der Waals surface area contributed by atoms with Crippen molar-refractivity contribution in [3.8, 4) is 0 Å². The summed E-state index contributed by atoms with van der Waals surface area (Å²) < 4.78 is 5.29. The van der Waals surface area contributed by atoms with Crippen molar-refractivity contribution < 1.29 is 14.3 Å². The predicted molar refractivity (Wildman–Crippen MR) is 73.0 cm³/mol. The molecule has 0 radical (unpaired) electrons. The average molecular weight is 281 g/mol. The molecule has 3 amide bonds. The second-order valence-electron chi connectivity index (χ2n) is 6.30. The summed E-state index contributed by atoms with van der Waals surface area (Å²) in [7, 11) is 0. The summed E-state index contributed by atoms with van der Waals surface area (Å²) in [6.45, 7) is 5.51. The van der Waals surface area contributed by atoms with E-state index in [-0.39, 0.29) is 11.9 Å². The van der Waals surface area contributed by atoms with E-state index < -0.39 is 5.54 Å². The Morgan fingerprint density at radius 3 is 2.55 bits per heavy atom. The van der Waals surface area contributed by atoms with Gasteiger partial charge in [-0.3, -0.25) is 9.69 Å². The summed E-state index contributed by atoms with van der Waals surface area (Å²) in [5.41, 5.74) is -0.615. The van der Waals surface area contributed by atoms with Gasteiger partial charge in [-0.25, -0.2) is 9.69 Å². The maximum atomic E-state index is 12.7. The molecule has 6 nitrogen and oxygen atoms in total. The predicted octanol–water partition coefficient (Wildman–Crippen LogP) is 0.777. The summed E-state index contributed by atoms with van der Waals surface area (Å²) in [5.74, 6) is 0.625. The van der Waals surface area contributed by atoms with Gasteiger partial charge in [0.1, 0.15) is 5.54 Å². The molecule has 112 valence electrons. The van der Waals surface area contributed by atoms with Gasteiger partial charge in [0.05, 0.1) is 19.9 Å². The second kappa shape index (κ2) is 5.33. The maximum absolute atomic E-state index is 12.7. The topological polar surface area (TPSA) is 61.9 Å². The molecule has 2 heterocycles. The van der Waals surface area contributed by atoms with Crippen LogP contribution in [-0.2, 0) is 9.53 Å². The Balaban J connectivity index is 1.67. The van der Waals surface area contributed by atoms with Crippen molar-refractivity contribution in [2.75, 3.05) is 33.0 Å². The fourth-order valence-corrected chi connectivity index (χ4v) is 3.34. The van der Waals surface area contributed by atoms with Gasteiger partial charge in [-0.1, -0.05) is 6.92 Å². The van der Waals surface area contributed by atoms with Crippen molar-refractivity contribution in [3.63, 3.8) is 0 Å². The monoisotopic (exact) mass is 281 g/mol. The van der Waals surface area contributed by atoms with Crippen LogP contribution in [0.2, 0.25) is 0 Å². The van der Waals surface area contributed by atoms with Crippen molar-refractivity contribution in [1.29, 1.82) is 0 Å². The third kappa shape index (κ3) is 2.42. The van der Waals surface area contributed by atoms with E-state index in [9.17, 15) is 9.59 Å². The molecule has 0 aromatic carbocycles. The molecule has 20 heavy (non-hydrogen) atoms. The van der Waals surface area contributed by atoms with E-state index in [1.165, 1.54) is 4.90 Å². The summed E-state index contributed by atoms with van der Waals surface area (Å²) in [6, 6.07) is -0.226. The fourth-order valence-electron chi connectivity index (χ4n) is 3.34. The summed E-state index contributed by atoms with van der Waals surface area (Å²) in [6.07, 6.45) is 3.57. The number of imide groups is 1. The Morgan fingerprint density at radius 1 is 1.25 bits per heavy atom. The van der Waals surface area contributed by atoms with E-state index in [2.05, 4.69) is 17.1 Å². The third-order valence-corrected chi connectivity index (χ3v) is 4.82. The standard InChI is InChI=1S/C14H23N3O3/c1-11-2-4-14(5-3-11)12(18)17(13(19)15-14)10-16-6-8-20-9-7-16/h11H,2-10H2,1H3,(H,15,19). The number of nitrogens with zero attached hydrogens (tertiary/aromatic N) is 2. The molecule has 1 saturated carbocycles. The first kappa shape index (κ1) is 13.8. The normalized spacial score (nSPS) is 35.6. The second-order valence-corrected chi connectivity index (χ2v) is 6.30. The highest BCUT2D eigenvalue weighted by molar-refractivity contribution is 6.07. The van der Waals surface area contributed by atoms with Crippen LogP contribution in [0.4, 0.5) is 4.79 Å². The van der Waals surface area contributed by atoms with Crippen molar-refractivity contribution in [3.05, 3.63) is 0 Å². The first-order valence-corrected chi connectivity index (χ1v) is 7.55. The number of ether oxygens (including phenoxy) is 1. The average Bonchev–Trinajstić information content (AvgIpc) is 2.68. The minimum absolute atomic E-state index is 0.0270. The highest BCUT2D eigenvalue weighted by atomic mass is 16.5. The lowest BCUT2D eigenvalue weighted by molar-refractivity contribution is -0.134. The molecular weight excluding hydrogens is 258 g/mol. The van der Waals surface area contributed by atoms with Crippen LogP contribution >= 0.6 is 0 Å². The summed E-state index contributed by atoms with van der Waals surface area (Å²) in [5, 5.41) is 2.96. The molecule has 0 aromatic rings. The molecule has 3 fully saturated rings. The lowest BCUT2D eigenvalue weighted by Crippen LogP contribution is -2.50. The molecule has 3 aliphatic rings. The van der Waals surface area contributed by atoms with Gasteiger partial charge in [-0.2, -0.15) is 0 Å². The van der Waals surface area contributed by atoms with Crippen molar-refractivity contribution in [1.82, 2.24) is 15.1 Å². The zero-order valence-corrected chi connectivity index (χ0v) is 12.1. The Kier molecular flexibility index (Phi) is 3.69. The van der Waals surface area contributed by atoms with Gasteiger partial charge in [0.15, 0.2) is 0 Å². The van der Waals surface area contributed by atoms with Gasteiger partial charge in [0.25, 0.3) is 5.91 Å². The van der Waals surface area contributed by atoms with Crippen LogP contribution in [0.5, 0.6) is 0 Å². The lowest BCUT2D eigenvalue weighted by atomic mass is 9.77. The van der Waals surface area contributed by atoms with Crippen LogP contribution in [0.1, 0.15) is 32.6 Å². The van der Waals surface area contributed by atoms with E-state index in [1.807, 2.05) is 0 Å². The number of hydrogen-bond acceptors (Lipinski definition) is 4. The van der Waals surface area contributed by atoms with Crippen LogP contribution in [0.15, 0.2) is 0 Å². The molecule has 0 bridgehead atoms. The Hall–Kier alpha value is -1.14. The maximum Gasteiger partial charge on any atom is 0.326 e. The number of rotatable bonds is 2. The third-order valence-electron chi connectivity index (χ3n) is 4.82. The molecule has 2 saturated heterocycles. The molecule has 3 rings (SSSR count).